The van der Waals surface area contributed by atoms with Crippen molar-refractivity contribution in [2.45, 2.75) is 0 Å². The molecular formula is C11H8NSc-. The Hall–Kier alpha value is -0.760. The monoisotopic (exact) mass is 199 g/mol. The Morgan fingerprint density at radius 2 is 1.77 bits per heavy atom. The zero-order valence-electron chi connectivity index (χ0n) is 7.14. The second kappa shape index (κ2) is 5.07. The number of pyridine rings is 1. The number of hydrogen-bond donors (Lipinski definition) is 0. The maximum Gasteiger partial charge on any atom is 0.0325 e. The molecule has 61 valence electrons. The van der Waals surface area contributed by atoms with Crippen LogP contribution in [-0.4, -0.2) is 4.98 Å². The van der Waals surface area contributed by atoms with Crippen molar-refractivity contribution >= 4 is 0 Å². The topological polar surface area (TPSA) is 12.9 Å². The van der Waals surface area contributed by atoms with Crippen molar-refractivity contribution in [3.8, 4) is 11.1 Å². The van der Waals surface area contributed by atoms with E-state index in [9.17, 15) is 0 Å². The molecule has 1 nitrogen and oxygen atoms in total. The van der Waals surface area contributed by atoms with Gasteiger partial charge < -0.3 is 0 Å². The molecule has 0 amide bonds. The Morgan fingerprint density at radius 3 is 2.38 bits per heavy atom. The maximum absolute atomic E-state index is 4.05. The molecule has 0 bridgehead atoms. The predicted molar refractivity (Wildman–Crippen MR) is 48.5 cm³/mol. The van der Waals surface area contributed by atoms with Crippen LogP contribution in [0.25, 0.3) is 11.1 Å². The average Bonchev–Trinajstić information content (AvgIpc) is 2.21. The number of nitrogens with zero attached hydrogens (tertiary/aromatic N) is 1. The molecule has 0 N–H and O–H groups in total. The van der Waals surface area contributed by atoms with Crippen LogP contribution in [-0.2, 0) is 25.8 Å². The third-order valence-corrected chi connectivity index (χ3v) is 1.71. The molecule has 0 atom stereocenters. The molecule has 1 aromatic heterocycles. The van der Waals surface area contributed by atoms with Crippen molar-refractivity contribution < 1.29 is 25.8 Å². The van der Waals surface area contributed by atoms with Gasteiger partial charge in [0.1, 0.15) is 0 Å². The van der Waals surface area contributed by atoms with Crippen LogP contribution in [0.4, 0.5) is 0 Å². The minimum atomic E-state index is 0. The fourth-order valence-corrected chi connectivity index (χ4v) is 1.11. The second-order valence-electron chi connectivity index (χ2n) is 2.53. The van der Waals surface area contributed by atoms with Crippen molar-refractivity contribution in [1.29, 1.82) is 0 Å². The molecule has 0 aliphatic rings. The largest absolute Gasteiger partial charge is 0.264 e. The second-order valence-corrected chi connectivity index (χ2v) is 2.53. The average molecular weight is 199 g/mol. The zero-order valence-corrected chi connectivity index (χ0v) is 8.95. The van der Waals surface area contributed by atoms with Gasteiger partial charge in [-0.15, -0.1) is 5.56 Å². The summed E-state index contributed by atoms with van der Waals surface area (Å²) >= 11 is 0. The summed E-state index contributed by atoms with van der Waals surface area (Å²) in [5.41, 5.74) is 2.33. The molecule has 1 heterocycles. The van der Waals surface area contributed by atoms with Crippen molar-refractivity contribution in [1.82, 2.24) is 4.98 Å². The molecule has 0 aliphatic heterocycles. The van der Waals surface area contributed by atoms with Crippen LogP contribution in [0.3, 0.4) is 0 Å². The smallest absolute Gasteiger partial charge is 0.0325 e. The van der Waals surface area contributed by atoms with Gasteiger partial charge in [-0.25, -0.2) is 0 Å². The van der Waals surface area contributed by atoms with E-state index in [1.54, 1.807) is 6.20 Å². The van der Waals surface area contributed by atoms with Crippen LogP contribution < -0.4 is 0 Å². The first-order chi connectivity index (χ1) is 5.97. The van der Waals surface area contributed by atoms with Gasteiger partial charge in [0, 0.05) is 38.2 Å². The van der Waals surface area contributed by atoms with Gasteiger partial charge in [-0.2, -0.15) is 30.3 Å². The third-order valence-electron chi connectivity index (χ3n) is 1.71. The molecule has 13 heavy (non-hydrogen) atoms. The van der Waals surface area contributed by atoms with Crippen molar-refractivity contribution in [3.05, 3.63) is 54.9 Å². The maximum atomic E-state index is 4.05. The molecule has 2 rings (SSSR count). The molecule has 1 radical (unpaired) electrons. The Balaban J connectivity index is 0.000000845. The molecule has 1 aromatic carbocycles. The van der Waals surface area contributed by atoms with E-state index >= 15 is 0 Å². The van der Waals surface area contributed by atoms with Crippen LogP contribution in [0.1, 0.15) is 0 Å². The van der Waals surface area contributed by atoms with E-state index in [1.807, 2.05) is 42.6 Å². The van der Waals surface area contributed by atoms with Crippen molar-refractivity contribution in [2.24, 2.45) is 0 Å². The number of benzene rings is 1. The minimum absolute atomic E-state index is 0. The van der Waals surface area contributed by atoms with Gasteiger partial charge in [0.2, 0.25) is 0 Å². The first kappa shape index (κ1) is 10.3. The number of aromatic nitrogens is 1. The van der Waals surface area contributed by atoms with Crippen molar-refractivity contribution in [2.75, 3.05) is 0 Å². The van der Waals surface area contributed by atoms with E-state index in [2.05, 4.69) is 11.1 Å². The van der Waals surface area contributed by atoms with E-state index < -0.39 is 0 Å². The normalized spacial score (nSPS) is 8.92. The van der Waals surface area contributed by atoms with Crippen LogP contribution in [0.5, 0.6) is 0 Å². The first-order valence-electron chi connectivity index (χ1n) is 3.83. The fourth-order valence-electron chi connectivity index (χ4n) is 1.11. The van der Waals surface area contributed by atoms with Crippen LogP contribution in [0.15, 0.2) is 48.8 Å². The number of rotatable bonds is 1. The Kier molecular flexibility index (Phi) is 4.03. The van der Waals surface area contributed by atoms with Gasteiger partial charge in [0.15, 0.2) is 0 Å². The molecule has 2 heteroatoms. The number of hydrogen-bond acceptors (Lipinski definition) is 1. The van der Waals surface area contributed by atoms with E-state index in [0.29, 0.717) is 0 Å². The van der Waals surface area contributed by atoms with Crippen LogP contribution in [0, 0.1) is 6.07 Å². The molecule has 0 fully saturated rings. The first-order valence-corrected chi connectivity index (χ1v) is 3.83. The van der Waals surface area contributed by atoms with Gasteiger partial charge in [-0.1, -0.05) is 6.07 Å². The minimum Gasteiger partial charge on any atom is -0.264 e. The Morgan fingerprint density at radius 1 is 1.00 bits per heavy atom. The zero-order chi connectivity index (χ0) is 8.23. The Bertz CT molecular complexity index is 307. The third kappa shape index (κ3) is 2.59. The summed E-state index contributed by atoms with van der Waals surface area (Å²) in [7, 11) is 0. The van der Waals surface area contributed by atoms with E-state index in [-0.39, 0.29) is 25.8 Å². The summed E-state index contributed by atoms with van der Waals surface area (Å²) in [5.74, 6) is 0. The summed E-state index contributed by atoms with van der Waals surface area (Å²) in [6, 6.07) is 14.8. The van der Waals surface area contributed by atoms with Crippen LogP contribution >= 0.6 is 0 Å². The molecule has 0 aliphatic carbocycles. The van der Waals surface area contributed by atoms with Gasteiger partial charge in [0.05, 0.1) is 0 Å². The van der Waals surface area contributed by atoms with Crippen LogP contribution in [0.2, 0.25) is 0 Å². The predicted octanol–water partition coefficient (Wildman–Crippen LogP) is 2.55. The van der Waals surface area contributed by atoms with Crippen molar-refractivity contribution in [3.63, 3.8) is 0 Å². The fraction of sp³-hybridized carbons (Fsp3) is 0. The summed E-state index contributed by atoms with van der Waals surface area (Å²) in [6.07, 6.45) is 3.63. The summed E-state index contributed by atoms with van der Waals surface area (Å²) in [6.45, 7) is 0. The van der Waals surface area contributed by atoms with Gasteiger partial charge >= 0.3 is 0 Å². The van der Waals surface area contributed by atoms with E-state index in [4.69, 9.17) is 0 Å². The standard InChI is InChI=1S/C11H8N.Sc/c1-2-5-10(6-3-1)11-7-4-8-12-9-11;/h2-9H;/q-1;. The quantitative estimate of drug-likeness (QED) is 0.643. The van der Waals surface area contributed by atoms with E-state index in [0.717, 1.165) is 5.56 Å². The molecule has 2 aromatic rings. The molecular weight excluding hydrogens is 191 g/mol. The summed E-state index contributed by atoms with van der Waals surface area (Å²) < 4.78 is 0. The molecule has 0 spiro atoms. The van der Waals surface area contributed by atoms with Gasteiger partial charge in [0.25, 0.3) is 0 Å². The van der Waals surface area contributed by atoms with E-state index in [1.165, 1.54) is 5.56 Å². The van der Waals surface area contributed by atoms with Gasteiger partial charge in [-0.05, 0) is 11.6 Å². The summed E-state index contributed by atoms with van der Waals surface area (Å²) in [4.78, 5) is 4.05. The van der Waals surface area contributed by atoms with Gasteiger partial charge in [-0.3, -0.25) is 4.98 Å². The molecule has 0 saturated carbocycles. The summed E-state index contributed by atoms with van der Waals surface area (Å²) in [5, 5.41) is 0. The molecule has 0 saturated heterocycles. The SMILES string of the molecule is [Sc].[c-]1ccc(-c2cccnc2)cc1. The molecule has 0 unspecified atom stereocenters. The Labute approximate surface area is 96.6 Å².